The highest BCUT2D eigenvalue weighted by atomic mass is 79.9. The Morgan fingerprint density at radius 3 is 2.36 bits per heavy atom. The first-order valence-corrected chi connectivity index (χ1v) is 6.20. The molecule has 0 unspecified atom stereocenters. The van der Waals surface area contributed by atoms with Crippen LogP contribution < -0.4 is 0 Å². The Kier molecular flexibility index (Phi) is 3.26. The fourth-order valence-corrected chi connectivity index (χ4v) is 2.36. The van der Waals surface area contributed by atoms with Gasteiger partial charge in [0.05, 0.1) is 10.2 Å². The summed E-state index contributed by atoms with van der Waals surface area (Å²) in [5.74, 6) is -2.10. The molecule has 1 aromatic rings. The van der Waals surface area contributed by atoms with Gasteiger partial charge in [-0.25, -0.2) is 17.2 Å². The largest absolute Gasteiger partial charge is 0.224 e. The van der Waals surface area contributed by atoms with Gasteiger partial charge in [-0.3, -0.25) is 0 Å². The summed E-state index contributed by atoms with van der Waals surface area (Å²) in [4.78, 5) is -0.478. The van der Waals surface area contributed by atoms with E-state index in [1.807, 2.05) is 0 Å². The van der Waals surface area contributed by atoms with Crippen LogP contribution >= 0.6 is 15.9 Å². The molecule has 1 aromatic carbocycles. The molecule has 0 aromatic heterocycles. The maximum Gasteiger partial charge on any atom is 0.181 e. The van der Waals surface area contributed by atoms with Crippen molar-refractivity contribution in [2.24, 2.45) is 0 Å². The number of hydrogen-bond acceptors (Lipinski definition) is 2. The molecule has 0 saturated carbocycles. The molecule has 0 N–H and O–H groups in total. The van der Waals surface area contributed by atoms with Gasteiger partial charge >= 0.3 is 0 Å². The van der Waals surface area contributed by atoms with Crippen molar-refractivity contribution in [3.8, 4) is 0 Å². The Labute approximate surface area is 89.0 Å². The fraction of sp³-hybridized carbons (Fsp3) is 0.250. The van der Waals surface area contributed by atoms with Gasteiger partial charge in [-0.15, -0.1) is 0 Å². The summed E-state index contributed by atoms with van der Waals surface area (Å²) in [5, 5.41) is 0. The van der Waals surface area contributed by atoms with Crippen LogP contribution in [0.5, 0.6) is 0 Å². The van der Waals surface area contributed by atoms with Gasteiger partial charge < -0.3 is 0 Å². The van der Waals surface area contributed by atoms with Crippen LogP contribution in [0.3, 0.4) is 0 Å². The van der Waals surface area contributed by atoms with E-state index in [4.69, 9.17) is 0 Å². The van der Waals surface area contributed by atoms with Gasteiger partial charge in [0.25, 0.3) is 0 Å². The maximum atomic E-state index is 13.1. The molecule has 0 aliphatic carbocycles. The van der Waals surface area contributed by atoms with Gasteiger partial charge in [0.2, 0.25) is 0 Å². The summed E-state index contributed by atoms with van der Waals surface area (Å²) in [6.07, 6.45) is 0. The van der Waals surface area contributed by atoms with Crippen molar-refractivity contribution in [2.75, 3.05) is 5.75 Å². The lowest BCUT2D eigenvalue weighted by molar-refractivity contribution is 0.547. The lowest BCUT2D eigenvalue weighted by Crippen LogP contribution is -2.06. The average Bonchev–Trinajstić information content (AvgIpc) is 2.11. The molecule has 0 fully saturated rings. The predicted octanol–water partition coefficient (Wildman–Crippen LogP) is 2.52. The second-order valence-electron chi connectivity index (χ2n) is 2.60. The van der Waals surface area contributed by atoms with Crippen molar-refractivity contribution in [1.29, 1.82) is 0 Å². The van der Waals surface area contributed by atoms with E-state index in [9.17, 15) is 17.2 Å². The van der Waals surface area contributed by atoms with Gasteiger partial charge in [0, 0.05) is 6.07 Å². The highest BCUT2D eigenvalue weighted by Gasteiger charge is 2.19. The van der Waals surface area contributed by atoms with Crippen LogP contribution in [0.2, 0.25) is 0 Å². The molecule has 0 aliphatic rings. The topological polar surface area (TPSA) is 34.1 Å². The van der Waals surface area contributed by atoms with E-state index in [0.717, 1.165) is 6.07 Å². The predicted molar refractivity (Wildman–Crippen MR) is 51.8 cm³/mol. The van der Waals surface area contributed by atoms with E-state index in [-0.39, 0.29) is 10.2 Å². The Hall–Kier alpha value is -0.490. The van der Waals surface area contributed by atoms with Gasteiger partial charge in [0.1, 0.15) is 16.5 Å². The van der Waals surface area contributed by atoms with E-state index >= 15 is 0 Å². The number of sulfone groups is 1. The quantitative estimate of drug-likeness (QED) is 0.618. The van der Waals surface area contributed by atoms with Crippen LogP contribution in [0, 0.1) is 11.6 Å². The van der Waals surface area contributed by atoms with Crippen molar-refractivity contribution in [3.63, 3.8) is 0 Å². The van der Waals surface area contributed by atoms with E-state index in [2.05, 4.69) is 15.9 Å². The van der Waals surface area contributed by atoms with E-state index < -0.39 is 26.4 Å². The Morgan fingerprint density at radius 2 is 1.86 bits per heavy atom. The molecule has 0 heterocycles. The molecule has 0 bridgehead atoms. The summed E-state index contributed by atoms with van der Waals surface area (Å²) in [7, 11) is -3.64. The molecule has 0 atom stereocenters. The summed E-state index contributed by atoms with van der Waals surface area (Å²) in [5.41, 5.74) is 0. The standard InChI is InChI=1S/C8H7BrF2O2S/c1-2-14(12,13)8-3-5(9)6(10)4-7(8)11/h3-4H,2H2,1H3. The summed E-state index contributed by atoms with van der Waals surface area (Å²) in [6.45, 7) is 1.39. The highest BCUT2D eigenvalue weighted by molar-refractivity contribution is 9.10. The monoisotopic (exact) mass is 284 g/mol. The number of rotatable bonds is 2. The molecule has 0 aliphatic heterocycles. The first-order valence-electron chi connectivity index (χ1n) is 3.75. The van der Waals surface area contributed by atoms with E-state index in [0.29, 0.717) is 6.07 Å². The van der Waals surface area contributed by atoms with E-state index in [1.165, 1.54) is 6.92 Å². The highest BCUT2D eigenvalue weighted by Crippen LogP contribution is 2.23. The second-order valence-corrected chi connectivity index (χ2v) is 5.70. The number of hydrogen-bond donors (Lipinski definition) is 0. The summed E-state index contributed by atoms with van der Waals surface area (Å²) in [6, 6.07) is 1.48. The minimum absolute atomic E-state index is 0.0640. The zero-order valence-electron chi connectivity index (χ0n) is 7.22. The molecule has 78 valence electrons. The van der Waals surface area contributed by atoms with Crippen LogP contribution in [0.4, 0.5) is 8.78 Å². The lowest BCUT2D eigenvalue weighted by atomic mass is 10.3. The molecular formula is C8H7BrF2O2S. The molecule has 0 saturated heterocycles. The van der Waals surface area contributed by atoms with Crippen molar-refractivity contribution >= 4 is 25.8 Å². The second kappa shape index (κ2) is 3.94. The average molecular weight is 285 g/mol. The minimum atomic E-state index is -3.64. The van der Waals surface area contributed by atoms with Gasteiger partial charge in [-0.05, 0) is 22.0 Å². The zero-order chi connectivity index (χ0) is 10.9. The molecular weight excluding hydrogens is 278 g/mol. The first-order chi connectivity index (χ1) is 6.38. The van der Waals surface area contributed by atoms with Gasteiger partial charge in [-0.2, -0.15) is 0 Å². The first kappa shape index (κ1) is 11.6. The molecule has 1 rings (SSSR count). The number of benzene rings is 1. The Morgan fingerprint density at radius 1 is 1.29 bits per heavy atom. The van der Waals surface area contributed by atoms with Crippen LogP contribution in [-0.2, 0) is 9.84 Å². The zero-order valence-corrected chi connectivity index (χ0v) is 9.62. The maximum absolute atomic E-state index is 13.1. The normalized spacial score (nSPS) is 11.7. The molecule has 2 nitrogen and oxygen atoms in total. The number of halogens is 3. The molecule has 14 heavy (non-hydrogen) atoms. The third-order valence-corrected chi connectivity index (χ3v) is 4.04. The Bertz CT molecular complexity index is 457. The third kappa shape index (κ3) is 2.12. The third-order valence-electron chi connectivity index (χ3n) is 1.69. The van der Waals surface area contributed by atoms with Crippen LogP contribution in [0.15, 0.2) is 21.5 Å². The smallest absolute Gasteiger partial charge is 0.181 e. The molecule has 6 heteroatoms. The van der Waals surface area contributed by atoms with Gasteiger partial charge in [0.15, 0.2) is 9.84 Å². The van der Waals surface area contributed by atoms with Crippen molar-refractivity contribution in [1.82, 2.24) is 0 Å². The molecule has 0 amide bonds. The summed E-state index contributed by atoms with van der Waals surface area (Å²) < 4.78 is 48.4. The summed E-state index contributed by atoms with van der Waals surface area (Å²) >= 11 is 2.80. The minimum Gasteiger partial charge on any atom is -0.224 e. The fourth-order valence-electron chi connectivity index (χ4n) is 0.898. The molecule has 0 radical (unpaired) electrons. The lowest BCUT2D eigenvalue weighted by Gasteiger charge is -2.04. The van der Waals surface area contributed by atoms with Crippen molar-refractivity contribution in [2.45, 2.75) is 11.8 Å². The van der Waals surface area contributed by atoms with Gasteiger partial charge in [-0.1, -0.05) is 6.92 Å². The van der Waals surface area contributed by atoms with Crippen LogP contribution in [-0.4, -0.2) is 14.2 Å². The van der Waals surface area contributed by atoms with Crippen molar-refractivity contribution < 1.29 is 17.2 Å². The van der Waals surface area contributed by atoms with Crippen LogP contribution in [0.25, 0.3) is 0 Å². The van der Waals surface area contributed by atoms with Crippen molar-refractivity contribution in [3.05, 3.63) is 28.2 Å². The molecule has 0 spiro atoms. The van der Waals surface area contributed by atoms with E-state index in [1.54, 1.807) is 0 Å². The van der Waals surface area contributed by atoms with Crippen LogP contribution in [0.1, 0.15) is 6.92 Å². The Balaban J connectivity index is 3.45. The SMILES string of the molecule is CCS(=O)(=O)c1cc(Br)c(F)cc1F.